The smallest absolute Gasteiger partial charge is 0.324 e. The summed E-state index contributed by atoms with van der Waals surface area (Å²) in [6, 6.07) is 4.18. The number of anilines is 1. The third-order valence-electron chi connectivity index (χ3n) is 4.71. The highest BCUT2D eigenvalue weighted by Crippen LogP contribution is 2.32. The number of hydrogen-bond acceptors (Lipinski definition) is 3. The number of rotatable bonds is 3. The normalized spacial score (nSPS) is 19.7. The topological polar surface area (TPSA) is 78.5 Å². The molecular weight excluding hydrogens is 365 g/mol. The summed E-state index contributed by atoms with van der Waals surface area (Å²) in [5.74, 6) is -0.767. The Balaban J connectivity index is 1.67. The second-order valence-corrected chi connectivity index (χ2v) is 7.31. The zero-order valence-electron chi connectivity index (χ0n) is 13.6. The van der Waals surface area contributed by atoms with Gasteiger partial charge in [0.25, 0.3) is 5.91 Å². The van der Waals surface area contributed by atoms with Gasteiger partial charge in [-0.3, -0.25) is 14.5 Å². The summed E-state index contributed by atoms with van der Waals surface area (Å²) in [7, 11) is 0. The van der Waals surface area contributed by atoms with Crippen molar-refractivity contribution in [1.82, 2.24) is 10.2 Å². The van der Waals surface area contributed by atoms with Crippen molar-refractivity contribution >= 4 is 46.7 Å². The molecular formula is C17H19Cl2N3O3. The van der Waals surface area contributed by atoms with Crippen molar-refractivity contribution in [3.8, 4) is 0 Å². The van der Waals surface area contributed by atoms with E-state index in [9.17, 15) is 14.4 Å². The van der Waals surface area contributed by atoms with Crippen LogP contribution >= 0.6 is 23.2 Å². The maximum absolute atomic E-state index is 12.8. The summed E-state index contributed by atoms with van der Waals surface area (Å²) in [6.45, 7) is -0.327. The zero-order valence-corrected chi connectivity index (χ0v) is 15.1. The monoisotopic (exact) mass is 383 g/mol. The van der Waals surface area contributed by atoms with Crippen LogP contribution in [0.2, 0.25) is 10.0 Å². The van der Waals surface area contributed by atoms with Gasteiger partial charge in [0.2, 0.25) is 5.91 Å². The first-order valence-corrected chi connectivity index (χ1v) is 9.06. The fourth-order valence-electron chi connectivity index (χ4n) is 3.41. The lowest BCUT2D eigenvalue weighted by molar-refractivity contribution is -0.134. The molecule has 25 heavy (non-hydrogen) atoms. The standard InChI is InChI=1S/C17H19Cl2N3O3/c18-12-6-5-11(9-13(12)19)20-14(23)10-22-15(24)17(21-16(22)25)7-3-1-2-4-8-17/h5-6,9H,1-4,7-8,10H2,(H,20,23)(H,21,25). The van der Waals surface area contributed by atoms with Gasteiger partial charge in [-0.1, -0.05) is 48.9 Å². The molecule has 2 aliphatic rings. The van der Waals surface area contributed by atoms with Crippen LogP contribution in [0.3, 0.4) is 0 Å². The molecule has 1 heterocycles. The van der Waals surface area contributed by atoms with E-state index >= 15 is 0 Å². The molecule has 134 valence electrons. The van der Waals surface area contributed by atoms with Crippen molar-refractivity contribution < 1.29 is 14.4 Å². The van der Waals surface area contributed by atoms with E-state index in [2.05, 4.69) is 10.6 Å². The van der Waals surface area contributed by atoms with E-state index in [0.717, 1.165) is 30.6 Å². The van der Waals surface area contributed by atoms with Crippen molar-refractivity contribution in [2.75, 3.05) is 11.9 Å². The summed E-state index contributed by atoms with van der Waals surface area (Å²) in [6.07, 6.45) is 5.17. The van der Waals surface area contributed by atoms with Crippen LogP contribution in [0.1, 0.15) is 38.5 Å². The van der Waals surface area contributed by atoms with Crippen molar-refractivity contribution in [3.05, 3.63) is 28.2 Å². The molecule has 1 aromatic carbocycles. The quantitative estimate of drug-likeness (QED) is 0.782. The lowest BCUT2D eigenvalue weighted by Gasteiger charge is -2.24. The Morgan fingerprint density at radius 1 is 1.12 bits per heavy atom. The third-order valence-corrected chi connectivity index (χ3v) is 5.45. The van der Waals surface area contributed by atoms with E-state index < -0.39 is 17.5 Å². The lowest BCUT2D eigenvalue weighted by Crippen LogP contribution is -2.47. The van der Waals surface area contributed by atoms with Gasteiger partial charge in [-0.15, -0.1) is 0 Å². The van der Waals surface area contributed by atoms with E-state index in [1.807, 2.05) is 0 Å². The van der Waals surface area contributed by atoms with Crippen LogP contribution in [0.5, 0.6) is 0 Å². The number of imide groups is 1. The lowest BCUT2D eigenvalue weighted by atomic mass is 9.90. The van der Waals surface area contributed by atoms with E-state index in [1.54, 1.807) is 12.1 Å². The number of hydrogen-bond donors (Lipinski definition) is 2. The summed E-state index contributed by atoms with van der Waals surface area (Å²) in [4.78, 5) is 38.2. The van der Waals surface area contributed by atoms with Crippen LogP contribution in [-0.4, -0.2) is 34.8 Å². The van der Waals surface area contributed by atoms with E-state index in [-0.39, 0.29) is 12.5 Å². The van der Waals surface area contributed by atoms with Gasteiger partial charge in [-0.25, -0.2) is 4.79 Å². The van der Waals surface area contributed by atoms with Gasteiger partial charge in [0.05, 0.1) is 10.0 Å². The molecule has 3 rings (SSSR count). The Hall–Kier alpha value is -1.79. The molecule has 0 aromatic heterocycles. The van der Waals surface area contributed by atoms with Gasteiger partial charge in [-0.05, 0) is 31.0 Å². The number of urea groups is 1. The van der Waals surface area contributed by atoms with Gasteiger partial charge in [0, 0.05) is 5.69 Å². The number of benzene rings is 1. The van der Waals surface area contributed by atoms with Crippen LogP contribution in [0.4, 0.5) is 10.5 Å². The number of carbonyl (C=O) groups is 3. The molecule has 8 heteroatoms. The third kappa shape index (κ3) is 3.75. The number of nitrogens with one attached hydrogen (secondary N) is 2. The molecule has 1 saturated carbocycles. The summed E-state index contributed by atoms with van der Waals surface area (Å²) < 4.78 is 0. The van der Waals surface area contributed by atoms with Gasteiger partial charge >= 0.3 is 6.03 Å². The molecule has 1 saturated heterocycles. The van der Waals surface area contributed by atoms with E-state index in [0.29, 0.717) is 28.6 Å². The SMILES string of the molecule is O=C(CN1C(=O)NC2(CCCCCC2)C1=O)Nc1ccc(Cl)c(Cl)c1. The Kier molecular flexibility index (Phi) is 5.20. The minimum absolute atomic E-state index is 0.302. The Morgan fingerprint density at radius 3 is 2.44 bits per heavy atom. The molecule has 0 atom stereocenters. The van der Waals surface area contributed by atoms with E-state index in [1.165, 1.54) is 6.07 Å². The minimum atomic E-state index is -0.836. The van der Waals surface area contributed by atoms with Gasteiger partial charge < -0.3 is 10.6 Å². The van der Waals surface area contributed by atoms with Crippen LogP contribution in [0.15, 0.2) is 18.2 Å². The zero-order chi connectivity index (χ0) is 18.0. The molecule has 1 spiro atoms. The molecule has 2 N–H and O–H groups in total. The van der Waals surface area contributed by atoms with Crippen LogP contribution in [0.25, 0.3) is 0 Å². The summed E-state index contributed by atoms with van der Waals surface area (Å²) in [5.41, 5.74) is -0.382. The fourth-order valence-corrected chi connectivity index (χ4v) is 3.71. The maximum atomic E-state index is 12.8. The summed E-state index contributed by atoms with van der Waals surface area (Å²) in [5, 5.41) is 6.13. The largest absolute Gasteiger partial charge is 0.325 e. The van der Waals surface area contributed by atoms with Crippen molar-refractivity contribution in [2.45, 2.75) is 44.1 Å². The predicted molar refractivity (Wildman–Crippen MR) is 95.8 cm³/mol. The molecule has 6 nitrogen and oxygen atoms in total. The molecule has 0 bridgehead atoms. The average Bonchev–Trinajstić information content (AvgIpc) is 2.74. The first-order chi connectivity index (χ1) is 11.9. The Labute approximate surface area is 155 Å². The molecule has 0 radical (unpaired) electrons. The molecule has 2 fully saturated rings. The molecule has 1 aliphatic heterocycles. The highest BCUT2D eigenvalue weighted by molar-refractivity contribution is 6.42. The van der Waals surface area contributed by atoms with E-state index in [4.69, 9.17) is 23.2 Å². The molecule has 1 aromatic rings. The van der Waals surface area contributed by atoms with Crippen LogP contribution in [0, 0.1) is 0 Å². The minimum Gasteiger partial charge on any atom is -0.324 e. The molecule has 0 unspecified atom stereocenters. The average molecular weight is 384 g/mol. The summed E-state index contributed by atoms with van der Waals surface area (Å²) >= 11 is 11.8. The van der Waals surface area contributed by atoms with Crippen molar-refractivity contribution in [2.24, 2.45) is 0 Å². The number of amides is 4. The van der Waals surface area contributed by atoms with Gasteiger partial charge in [0.1, 0.15) is 12.1 Å². The number of halogens is 2. The second kappa shape index (κ2) is 7.22. The first kappa shape index (κ1) is 18.0. The first-order valence-electron chi connectivity index (χ1n) is 8.30. The van der Waals surface area contributed by atoms with Crippen LogP contribution < -0.4 is 10.6 Å². The maximum Gasteiger partial charge on any atom is 0.325 e. The fraction of sp³-hybridized carbons (Fsp3) is 0.471. The second-order valence-electron chi connectivity index (χ2n) is 6.49. The van der Waals surface area contributed by atoms with Gasteiger partial charge in [0.15, 0.2) is 0 Å². The highest BCUT2D eigenvalue weighted by atomic mass is 35.5. The van der Waals surface area contributed by atoms with Crippen molar-refractivity contribution in [3.63, 3.8) is 0 Å². The van der Waals surface area contributed by atoms with Gasteiger partial charge in [-0.2, -0.15) is 0 Å². The Morgan fingerprint density at radius 2 is 1.80 bits per heavy atom. The van der Waals surface area contributed by atoms with Crippen molar-refractivity contribution in [1.29, 1.82) is 0 Å². The molecule has 4 amide bonds. The predicted octanol–water partition coefficient (Wildman–Crippen LogP) is 3.58. The van der Waals surface area contributed by atoms with Crippen LogP contribution in [-0.2, 0) is 9.59 Å². The Bertz CT molecular complexity index is 715. The molecule has 1 aliphatic carbocycles. The number of nitrogens with zero attached hydrogens (tertiary/aromatic N) is 1. The highest BCUT2D eigenvalue weighted by Gasteiger charge is 2.51. The number of carbonyl (C=O) groups excluding carboxylic acids is 3.